The smallest absolute Gasteiger partial charge is 0.242 e. The monoisotopic (exact) mass is 258 g/mol. The Morgan fingerprint density at radius 1 is 1.59 bits per heavy atom. The molecule has 0 radical (unpaired) electrons. The van der Waals surface area contributed by atoms with Crippen molar-refractivity contribution >= 4 is 23.3 Å². The third kappa shape index (κ3) is 4.97. The van der Waals surface area contributed by atoms with Gasteiger partial charge in [-0.2, -0.15) is 0 Å². The molecule has 94 valence electrons. The van der Waals surface area contributed by atoms with Gasteiger partial charge in [-0.3, -0.25) is 4.79 Å². The van der Waals surface area contributed by atoms with Gasteiger partial charge in [-0.15, -0.1) is 0 Å². The van der Waals surface area contributed by atoms with E-state index in [1.54, 1.807) is 20.1 Å². The second-order valence-corrected chi connectivity index (χ2v) is 3.76. The Morgan fingerprint density at radius 2 is 2.35 bits per heavy atom. The van der Waals surface area contributed by atoms with E-state index in [4.69, 9.17) is 16.3 Å². The zero-order chi connectivity index (χ0) is 12.7. The molecule has 7 heteroatoms. The predicted molar refractivity (Wildman–Crippen MR) is 65.0 cm³/mol. The van der Waals surface area contributed by atoms with E-state index in [1.165, 1.54) is 6.33 Å². The molecule has 0 fully saturated rings. The van der Waals surface area contributed by atoms with Crippen LogP contribution in [-0.2, 0) is 9.53 Å². The molecule has 0 aliphatic rings. The number of ether oxygens (including phenoxy) is 1. The maximum absolute atomic E-state index is 11.6. The first-order chi connectivity index (χ1) is 8.13. The van der Waals surface area contributed by atoms with Crippen molar-refractivity contribution in [1.29, 1.82) is 0 Å². The van der Waals surface area contributed by atoms with E-state index in [1.807, 2.05) is 0 Å². The highest BCUT2D eigenvalue weighted by Crippen LogP contribution is 2.09. The first-order valence-corrected chi connectivity index (χ1v) is 5.52. The van der Waals surface area contributed by atoms with Gasteiger partial charge >= 0.3 is 0 Å². The Labute approximate surface area is 105 Å². The number of aromatic nitrogens is 2. The van der Waals surface area contributed by atoms with Crippen molar-refractivity contribution in [2.24, 2.45) is 0 Å². The topological polar surface area (TPSA) is 76.1 Å². The highest BCUT2D eigenvalue weighted by Gasteiger charge is 2.12. The van der Waals surface area contributed by atoms with E-state index in [0.29, 0.717) is 24.1 Å². The van der Waals surface area contributed by atoms with Gasteiger partial charge in [0.05, 0.1) is 6.61 Å². The Hall–Kier alpha value is -1.40. The summed E-state index contributed by atoms with van der Waals surface area (Å²) < 4.78 is 4.83. The lowest BCUT2D eigenvalue weighted by Gasteiger charge is -2.14. The Kier molecular flexibility index (Phi) is 5.65. The molecule has 1 amide bonds. The molecule has 1 atom stereocenters. The van der Waals surface area contributed by atoms with Crippen LogP contribution in [0.5, 0.6) is 0 Å². The summed E-state index contributed by atoms with van der Waals surface area (Å²) in [6.07, 6.45) is 1.33. The van der Waals surface area contributed by atoms with Crippen LogP contribution in [0.3, 0.4) is 0 Å². The number of anilines is 1. The van der Waals surface area contributed by atoms with Gasteiger partial charge in [-0.25, -0.2) is 9.97 Å². The fraction of sp³-hybridized carbons (Fsp3) is 0.500. The Morgan fingerprint density at radius 3 is 3.00 bits per heavy atom. The average Bonchev–Trinajstić information content (AvgIpc) is 2.29. The molecule has 1 unspecified atom stereocenters. The van der Waals surface area contributed by atoms with E-state index in [2.05, 4.69) is 20.6 Å². The number of amides is 1. The molecule has 2 N–H and O–H groups in total. The predicted octanol–water partition coefficient (Wildman–Crippen LogP) is 0.693. The standard InChI is InChI=1S/C10H15ClN4O2/c1-7(10(16)12-3-4-17-2)15-9-5-8(11)13-6-14-9/h5-7H,3-4H2,1-2H3,(H,12,16)(H,13,14,15). The molecule has 0 spiro atoms. The van der Waals surface area contributed by atoms with Gasteiger partial charge in [0.25, 0.3) is 0 Å². The van der Waals surface area contributed by atoms with Crippen LogP contribution in [0.1, 0.15) is 6.92 Å². The molecule has 17 heavy (non-hydrogen) atoms. The van der Waals surface area contributed by atoms with Gasteiger partial charge in [0.2, 0.25) is 5.91 Å². The number of carbonyl (C=O) groups excluding carboxylic acids is 1. The van der Waals surface area contributed by atoms with Gasteiger partial charge < -0.3 is 15.4 Å². The van der Waals surface area contributed by atoms with Crippen molar-refractivity contribution in [3.05, 3.63) is 17.5 Å². The summed E-state index contributed by atoms with van der Waals surface area (Å²) in [4.78, 5) is 19.3. The van der Waals surface area contributed by atoms with Gasteiger partial charge in [-0.1, -0.05) is 11.6 Å². The number of nitrogens with zero attached hydrogens (tertiary/aromatic N) is 2. The number of halogens is 1. The van der Waals surface area contributed by atoms with Gasteiger partial charge in [0, 0.05) is 19.7 Å². The second kappa shape index (κ2) is 7.03. The highest BCUT2D eigenvalue weighted by molar-refractivity contribution is 6.29. The average molecular weight is 259 g/mol. The van der Waals surface area contributed by atoms with Gasteiger partial charge in [0.15, 0.2) is 0 Å². The Bertz CT molecular complexity index is 375. The van der Waals surface area contributed by atoms with Crippen LogP contribution < -0.4 is 10.6 Å². The largest absolute Gasteiger partial charge is 0.383 e. The maximum atomic E-state index is 11.6. The molecule has 0 aromatic carbocycles. The first-order valence-electron chi connectivity index (χ1n) is 5.14. The summed E-state index contributed by atoms with van der Waals surface area (Å²) in [7, 11) is 1.58. The third-order valence-electron chi connectivity index (χ3n) is 2.00. The number of hydrogen-bond donors (Lipinski definition) is 2. The molecule has 0 saturated carbocycles. The van der Waals surface area contributed by atoms with Crippen LogP contribution in [0, 0.1) is 0 Å². The number of nitrogens with one attached hydrogen (secondary N) is 2. The van der Waals surface area contributed by atoms with Crippen LogP contribution >= 0.6 is 11.6 Å². The summed E-state index contributed by atoms with van der Waals surface area (Å²) in [5, 5.41) is 5.96. The molecule has 1 aromatic heterocycles. The van der Waals surface area contributed by atoms with Crippen molar-refractivity contribution < 1.29 is 9.53 Å². The summed E-state index contributed by atoms with van der Waals surface area (Å²) in [5.74, 6) is 0.385. The lowest BCUT2D eigenvalue weighted by molar-refractivity contribution is -0.121. The van der Waals surface area contributed by atoms with Crippen molar-refractivity contribution in [3.63, 3.8) is 0 Å². The summed E-state index contributed by atoms with van der Waals surface area (Å²) in [6, 6.07) is 1.15. The van der Waals surface area contributed by atoms with E-state index in [-0.39, 0.29) is 5.91 Å². The zero-order valence-corrected chi connectivity index (χ0v) is 10.5. The summed E-state index contributed by atoms with van der Waals surface area (Å²) in [6.45, 7) is 2.70. The molecule has 0 aliphatic heterocycles. The molecule has 0 aliphatic carbocycles. The number of rotatable bonds is 6. The maximum Gasteiger partial charge on any atom is 0.242 e. The minimum atomic E-state index is -0.405. The highest BCUT2D eigenvalue weighted by atomic mass is 35.5. The normalized spacial score (nSPS) is 11.9. The second-order valence-electron chi connectivity index (χ2n) is 3.38. The van der Waals surface area contributed by atoms with Crippen LogP contribution in [-0.4, -0.2) is 42.2 Å². The van der Waals surface area contributed by atoms with E-state index in [0.717, 1.165) is 0 Å². The molecule has 0 saturated heterocycles. The van der Waals surface area contributed by atoms with Crippen molar-refractivity contribution in [2.45, 2.75) is 13.0 Å². The lowest BCUT2D eigenvalue weighted by Crippen LogP contribution is -2.39. The molecule has 6 nitrogen and oxygen atoms in total. The van der Waals surface area contributed by atoms with Gasteiger partial charge in [0.1, 0.15) is 23.3 Å². The number of methoxy groups -OCH3 is 1. The van der Waals surface area contributed by atoms with E-state index < -0.39 is 6.04 Å². The molecular weight excluding hydrogens is 244 g/mol. The third-order valence-corrected chi connectivity index (χ3v) is 2.20. The van der Waals surface area contributed by atoms with Gasteiger partial charge in [-0.05, 0) is 6.92 Å². The number of carbonyl (C=O) groups is 1. The molecule has 1 rings (SSSR count). The van der Waals surface area contributed by atoms with Crippen molar-refractivity contribution in [2.75, 3.05) is 25.6 Å². The summed E-state index contributed by atoms with van der Waals surface area (Å²) >= 11 is 5.70. The molecule has 1 heterocycles. The van der Waals surface area contributed by atoms with E-state index in [9.17, 15) is 4.79 Å². The van der Waals surface area contributed by atoms with Crippen LogP contribution in [0.4, 0.5) is 5.82 Å². The molecule has 0 bridgehead atoms. The first kappa shape index (κ1) is 13.7. The van der Waals surface area contributed by atoms with Crippen LogP contribution in [0.15, 0.2) is 12.4 Å². The molecular formula is C10H15ClN4O2. The lowest BCUT2D eigenvalue weighted by atomic mass is 10.3. The zero-order valence-electron chi connectivity index (χ0n) is 9.74. The quantitative estimate of drug-likeness (QED) is 0.580. The fourth-order valence-electron chi connectivity index (χ4n) is 1.13. The Balaban J connectivity index is 2.43. The fourth-order valence-corrected chi connectivity index (χ4v) is 1.28. The summed E-state index contributed by atoms with van der Waals surface area (Å²) in [5.41, 5.74) is 0. The van der Waals surface area contributed by atoms with Crippen LogP contribution in [0.25, 0.3) is 0 Å². The van der Waals surface area contributed by atoms with Crippen molar-refractivity contribution in [3.8, 4) is 0 Å². The minimum Gasteiger partial charge on any atom is -0.383 e. The number of hydrogen-bond acceptors (Lipinski definition) is 5. The van der Waals surface area contributed by atoms with E-state index >= 15 is 0 Å². The minimum absolute atomic E-state index is 0.128. The van der Waals surface area contributed by atoms with Crippen molar-refractivity contribution in [1.82, 2.24) is 15.3 Å². The SMILES string of the molecule is COCCNC(=O)C(C)Nc1cc(Cl)ncn1. The molecule has 1 aromatic rings. The van der Waals surface area contributed by atoms with Crippen LogP contribution in [0.2, 0.25) is 5.15 Å².